The molecule has 2 rings (SSSR count). The van der Waals surface area contributed by atoms with Crippen LogP contribution in [-0.2, 0) is 22.6 Å². The lowest BCUT2D eigenvalue weighted by Crippen LogP contribution is -2.30. The Morgan fingerprint density at radius 3 is 2.59 bits per heavy atom. The van der Waals surface area contributed by atoms with Crippen LogP contribution in [-0.4, -0.2) is 36.3 Å². The molecule has 0 spiro atoms. The molecule has 0 saturated heterocycles. The Morgan fingerprint density at radius 1 is 1.22 bits per heavy atom. The van der Waals surface area contributed by atoms with E-state index in [9.17, 15) is 13.6 Å². The van der Waals surface area contributed by atoms with Crippen LogP contribution in [0.2, 0.25) is 5.02 Å². The van der Waals surface area contributed by atoms with E-state index in [0.717, 1.165) is 5.56 Å². The summed E-state index contributed by atoms with van der Waals surface area (Å²) in [7, 11) is 0. The number of benzene rings is 2. The van der Waals surface area contributed by atoms with Crippen molar-refractivity contribution in [1.82, 2.24) is 0 Å². The van der Waals surface area contributed by atoms with Gasteiger partial charge in [-0.25, -0.2) is 4.79 Å². The van der Waals surface area contributed by atoms with Crippen molar-refractivity contribution in [2.45, 2.75) is 45.3 Å². The van der Waals surface area contributed by atoms with Gasteiger partial charge in [0, 0.05) is 23.4 Å². The van der Waals surface area contributed by atoms with Gasteiger partial charge in [-0.2, -0.15) is 8.78 Å². The van der Waals surface area contributed by atoms with Gasteiger partial charge < -0.3 is 19.3 Å². The summed E-state index contributed by atoms with van der Waals surface area (Å²) in [5.41, 5.74) is 1.07. The molecule has 1 unspecified atom stereocenters. The molecule has 0 aliphatic rings. The van der Waals surface area contributed by atoms with Crippen LogP contribution < -0.4 is 9.47 Å². The summed E-state index contributed by atoms with van der Waals surface area (Å²) in [5, 5.41) is 9.12. The summed E-state index contributed by atoms with van der Waals surface area (Å²) in [6.45, 7) is 5.06. The number of halogens is 3. The molecule has 0 heterocycles. The fourth-order valence-corrected chi connectivity index (χ4v) is 2.96. The number of aliphatic carboxylic acids is 1. The number of carboxylic acids is 1. The molecule has 8 heteroatoms. The molecule has 0 amide bonds. The summed E-state index contributed by atoms with van der Waals surface area (Å²) < 4.78 is 43.9. The Balaban J connectivity index is 1.83. The Morgan fingerprint density at radius 2 is 1.94 bits per heavy atom. The van der Waals surface area contributed by atoms with Crippen LogP contribution in [0.4, 0.5) is 8.78 Å². The maximum atomic E-state index is 13.3. The largest absolute Gasteiger partial charge is 0.493 e. The standard InChI is InChI=1S/C24H27ClF2O5/c1-3-4-12-30-16-19-14-20(25)7-10-22(19)32-17(2)11-13-31-21-8-5-18(6-9-21)15-24(26,27)23(28)29/h3-10,14,17H,11-13,15-16H2,1-2H3,(H,28,29)/b4-3-. The van der Waals surface area contributed by atoms with Gasteiger partial charge in [0.25, 0.3) is 0 Å². The van der Waals surface area contributed by atoms with Crippen LogP contribution in [0.5, 0.6) is 11.5 Å². The molecule has 5 nitrogen and oxygen atoms in total. The molecule has 174 valence electrons. The third-order valence-corrected chi connectivity index (χ3v) is 4.75. The van der Waals surface area contributed by atoms with E-state index in [1.807, 2.05) is 32.1 Å². The van der Waals surface area contributed by atoms with Crippen LogP contribution in [0.1, 0.15) is 31.4 Å². The molecule has 1 N–H and O–H groups in total. The van der Waals surface area contributed by atoms with E-state index in [2.05, 4.69) is 0 Å². The first-order valence-corrected chi connectivity index (χ1v) is 10.6. The lowest BCUT2D eigenvalue weighted by Gasteiger charge is -2.18. The van der Waals surface area contributed by atoms with Gasteiger partial charge in [0.15, 0.2) is 0 Å². The molecule has 0 aromatic heterocycles. The molecule has 0 aliphatic carbocycles. The van der Waals surface area contributed by atoms with Crippen LogP contribution >= 0.6 is 11.6 Å². The van der Waals surface area contributed by atoms with Crippen molar-refractivity contribution in [3.63, 3.8) is 0 Å². The van der Waals surface area contributed by atoms with Crippen molar-refractivity contribution in [2.24, 2.45) is 0 Å². The summed E-state index contributed by atoms with van der Waals surface area (Å²) in [6.07, 6.45) is 3.39. The normalized spacial score (nSPS) is 12.7. The number of carbonyl (C=O) groups is 1. The number of rotatable bonds is 13. The Labute approximate surface area is 191 Å². The monoisotopic (exact) mass is 468 g/mol. The van der Waals surface area contributed by atoms with Gasteiger partial charge in [0.1, 0.15) is 11.5 Å². The number of hydrogen-bond acceptors (Lipinski definition) is 4. The third-order valence-electron chi connectivity index (χ3n) is 4.51. The second kappa shape index (κ2) is 12.4. The van der Waals surface area contributed by atoms with Crippen LogP contribution in [0.3, 0.4) is 0 Å². The van der Waals surface area contributed by atoms with Gasteiger partial charge in [0.05, 0.1) is 25.9 Å². The second-order valence-electron chi connectivity index (χ2n) is 7.23. The van der Waals surface area contributed by atoms with Gasteiger partial charge in [0.2, 0.25) is 0 Å². The molecule has 2 aromatic rings. The first-order chi connectivity index (χ1) is 15.2. The fourth-order valence-electron chi connectivity index (χ4n) is 2.76. The van der Waals surface area contributed by atoms with Crippen molar-refractivity contribution in [1.29, 1.82) is 0 Å². The smallest absolute Gasteiger partial charge is 0.374 e. The SMILES string of the molecule is C/C=C\COCc1cc(Cl)ccc1OC(C)CCOc1ccc(CC(F)(F)C(=O)O)cc1. The minimum Gasteiger partial charge on any atom is -0.493 e. The molecule has 0 saturated carbocycles. The Kier molecular flexibility index (Phi) is 9.94. The summed E-state index contributed by atoms with van der Waals surface area (Å²) >= 11 is 6.09. The zero-order valence-electron chi connectivity index (χ0n) is 18.0. The zero-order chi connectivity index (χ0) is 23.6. The molecular weight excluding hydrogens is 442 g/mol. The Hall–Kier alpha value is -2.64. The minimum atomic E-state index is -3.80. The topological polar surface area (TPSA) is 65.0 Å². The highest BCUT2D eigenvalue weighted by Crippen LogP contribution is 2.26. The molecule has 2 aromatic carbocycles. The molecule has 1 atom stereocenters. The van der Waals surface area contributed by atoms with Crippen molar-refractivity contribution in [3.05, 3.63) is 70.8 Å². The van der Waals surface area contributed by atoms with Crippen LogP contribution in [0, 0.1) is 0 Å². The maximum Gasteiger partial charge on any atom is 0.374 e. The first-order valence-electron chi connectivity index (χ1n) is 10.2. The molecular formula is C24H27ClF2O5. The number of hydrogen-bond donors (Lipinski definition) is 1. The molecule has 0 fully saturated rings. The number of allylic oxidation sites excluding steroid dienone is 1. The zero-order valence-corrected chi connectivity index (χ0v) is 18.8. The van der Waals surface area contributed by atoms with E-state index < -0.39 is 18.3 Å². The van der Waals surface area contributed by atoms with Crippen molar-refractivity contribution in [2.75, 3.05) is 13.2 Å². The van der Waals surface area contributed by atoms with E-state index in [4.69, 9.17) is 30.9 Å². The highest BCUT2D eigenvalue weighted by Gasteiger charge is 2.38. The molecule has 0 radical (unpaired) electrons. The number of ether oxygens (including phenoxy) is 3. The third kappa shape index (κ3) is 8.48. The van der Waals surface area contributed by atoms with Gasteiger partial charge in [-0.15, -0.1) is 0 Å². The van der Waals surface area contributed by atoms with Gasteiger partial charge in [-0.1, -0.05) is 35.9 Å². The Bertz CT molecular complexity index is 900. The van der Waals surface area contributed by atoms with E-state index in [1.54, 1.807) is 12.1 Å². The quantitative estimate of drug-likeness (QED) is 0.291. The lowest BCUT2D eigenvalue weighted by molar-refractivity contribution is -0.164. The van der Waals surface area contributed by atoms with E-state index in [0.29, 0.717) is 42.8 Å². The van der Waals surface area contributed by atoms with Crippen molar-refractivity contribution >= 4 is 17.6 Å². The number of carboxylic acid groups (broad SMARTS) is 1. The van der Waals surface area contributed by atoms with Gasteiger partial charge in [-0.3, -0.25) is 0 Å². The van der Waals surface area contributed by atoms with E-state index in [-0.39, 0.29) is 11.7 Å². The summed E-state index contributed by atoms with van der Waals surface area (Å²) in [4.78, 5) is 10.5. The predicted molar refractivity (Wildman–Crippen MR) is 119 cm³/mol. The maximum absolute atomic E-state index is 13.3. The highest BCUT2D eigenvalue weighted by molar-refractivity contribution is 6.30. The second-order valence-corrected chi connectivity index (χ2v) is 7.67. The lowest BCUT2D eigenvalue weighted by atomic mass is 10.1. The highest BCUT2D eigenvalue weighted by atomic mass is 35.5. The first kappa shape index (κ1) is 25.6. The average Bonchev–Trinajstić information content (AvgIpc) is 2.74. The van der Waals surface area contributed by atoms with E-state index in [1.165, 1.54) is 24.3 Å². The van der Waals surface area contributed by atoms with Gasteiger partial charge >= 0.3 is 11.9 Å². The minimum absolute atomic E-state index is 0.154. The van der Waals surface area contributed by atoms with Gasteiger partial charge in [-0.05, 0) is 49.7 Å². The average molecular weight is 469 g/mol. The van der Waals surface area contributed by atoms with E-state index >= 15 is 0 Å². The summed E-state index contributed by atoms with van der Waals surface area (Å²) in [6, 6.07) is 11.3. The molecule has 0 bridgehead atoms. The molecule has 32 heavy (non-hydrogen) atoms. The van der Waals surface area contributed by atoms with Crippen molar-refractivity contribution in [3.8, 4) is 11.5 Å². The predicted octanol–water partition coefficient (Wildman–Crippen LogP) is 5.93. The summed E-state index contributed by atoms with van der Waals surface area (Å²) in [5.74, 6) is -4.75. The fraction of sp³-hybridized carbons (Fsp3) is 0.375. The van der Waals surface area contributed by atoms with Crippen LogP contribution in [0.15, 0.2) is 54.6 Å². The number of alkyl halides is 2. The molecule has 0 aliphatic heterocycles. The van der Waals surface area contributed by atoms with Crippen molar-refractivity contribution < 1.29 is 32.9 Å². The van der Waals surface area contributed by atoms with Crippen LogP contribution in [0.25, 0.3) is 0 Å².